The summed E-state index contributed by atoms with van der Waals surface area (Å²) in [6.45, 7) is 2.20. The van der Waals surface area contributed by atoms with Gasteiger partial charge in [-0.15, -0.1) is 0 Å². The maximum Gasteiger partial charge on any atom is 0.332 e. The molecule has 36 heavy (non-hydrogen) atoms. The molecule has 0 unspecified atom stereocenters. The smallest absolute Gasteiger partial charge is 0.332 e. The van der Waals surface area contributed by atoms with E-state index in [2.05, 4.69) is 4.98 Å². The van der Waals surface area contributed by atoms with Crippen LogP contribution in [-0.2, 0) is 9.59 Å². The Kier molecular flexibility index (Phi) is 8.36. The van der Waals surface area contributed by atoms with E-state index < -0.39 is 5.97 Å². The molecule has 1 aliphatic heterocycles. The van der Waals surface area contributed by atoms with E-state index in [-0.39, 0.29) is 23.8 Å². The molecule has 1 saturated heterocycles. The average Bonchev–Trinajstić information content (AvgIpc) is 3.34. The Bertz CT molecular complexity index is 1090. The van der Waals surface area contributed by atoms with Crippen molar-refractivity contribution in [1.82, 2.24) is 14.8 Å². The van der Waals surface area contributed by atoms with Gasteiger partial charge in [0.1, 0.15) is 18.1 Å². The lowest BCUT2D eigenvalue weighted by Crippen LogP contribution is -2.31. The number of rotatable bonds is 9. The number of aliphatic carboxylic acids is 1. The zero-order valence-electron chi connectivity index (χ0n) is 20.6. The molecular formula is C28H33N3O5. The van der Waals surface area contributed by atoms with Crippen molar-refractivity contribution in [2.75, 3.05) is 33.3 Å². The molecule has 0 bridgehead atoms. The van der Waals surface area contributed by atoms with Gasteiger partial charge in [-0.25, -0.2) is 4.79 Å². The second-order valence-electron chi connectivity index (χ2n) is 9.61. The molecular weight excluding hydrogens is 458 g/mol. The van der Waals surface area contributed by atoms with Crippen molar-refractivity contribution in [1.29, 1.82) is 0 Å². The highest BCUT2D eigenvalue weighted by Crippen LogP contribution is 2.36. The van der Waals surface area contributed by atoms with Crippen molar-refractivity contribution in [3.05, 3.63) is 65.5 Å². The van der Waals surface area contributed by atoms with Crippen LogP contribution >= 0.6 is 0 Å². The van der Waals surface area contributed by atoms with Crippen LogP contribution in [0.4, 0.5) is 0 Å². The minimum Gasteiger partial charge on any atom is -0.492 e. The highest BCUT2D eigenvalue weighted by molar-refractivity contribution is 5.98. The van der Waals surface area contributed by atoms with Gasteiger partial charge in [0.25, 0.3) is 5.91 Å². The third-order valence-electron chi connectivity index (χ3n) is 7.09. The first kappa shape index (κ1) is 25.4. The molecule has 2 atom stereocenters. The van der Waals surface area contributed by atoms with Crippen LogP contribution < -0.4 is 4.74 Å². The Morgan fingerprint density at radius 1 is 1.08 bits per heavy atom. The van der Waals surface area contributed by atoms with Crippen molar-refractivity contribution in [2.24, 2.45) is 11.8 Å². The van der Waals surface area contributed by atoms with Gasteiger partial charge in [-0.3, -0.25) is 14.6 Å². The highest BCUT2D eigenvalue weighted by atomic mass is 16.5. The van der Waals surface area contributed by atoms with Gasteiger partial charge in [0, 0.05) is 31.9 Å². The maximum absolute atomic E-state index is 12.8. The number of nitrogens with zero attached hydrogens (tertiary/aromatic N) is 3. The molecule has 4 rings (SSSR count). The van der Waals surface area contributed by atoms with Crippen LogP contribution in [0, 0.1) is 11.8 Å². The van der Waals surface area contributed by atoms with E-state index in [4.69, 9.17) is 4.74 Å². The number of aromatic nitrogens is 1. The van der Waals surface area contributed by atoms with Crippen LogP contribution in [-0.4, -0.2) is 71.0 Å². The summed E-state index contributed by atoms with van der Waals surface area (Å²) in [4.78, 5) is 44.5. The molecule has 8 nitrogen and oxygen atoms in total. The molecule has 1 aliphatic carbocycles. The number of hydrogen-bond donors (Lipinski definition) is 1. The van der Waals surface area contributed by atoms with Gasteiger partial charge in [0.2, 0.25) is 5.91 Å². The number of likely N-dealkylation sites (N-methyl/N-ethyl adjacent to an activating group) is 1. The zero-order valence-corrected chi connectivity index (χ0v) is 20.6. The van der Waals surface area contributed by atoms with E-state index in [1.54, 1.807) is 66.7 Å². The van der Waals surface area contributed by atoms with Crippen molar-refractivity contribution in [3.63, 3.8) is 0 Å². The lowest BCUT2D eigenvalue weighted by atomic mass is 9.82. The van der Waals surface area contributed by atoms with Crippen LogP contribution in [0.2, 0.25) is 0 Å². The van der Waals surface area contributed by atoms with Crippen LogP contribution in [0.1, 0.15) is 48.2 Å². The van der Waals surface area contributed by atoms with Gasteiger partial charge < -0.3 is 19.6 Å². The number of hydrogen-bond acceptors (Lipinski definition) is 5. The van der Waals surface area contributed by atoms with Crippen LogP contribution in [0.5, 0.6) is 5.75 Å². The SMILES string of the molecule is CN(CCOc1ccc(/C=C(\CC(=O)N2C[C@H]3CCCC[C@H]3C2)C(=O)O)cc1)C(=O)c1ccccn1. The quantitative estimate of drug-likeness (QED) is 0.537. The third-order valence-corrected chi connectivity index (χ3v) is 7.09. The Hall–Kier alpha value is -3.68. The fraction of sp³-hybridized carbons (Fsp3) is 0.429. The number of benzene rings is 1. The molecule has 0 spiro atoms. The largest absolute Gasteiger partial charge is 0.492 e. The zero-order chi connectivity index (χ0) is 25.5. The second-order valence-corrected chi connectivity index (χ2v) is 9.61. The van der Waals surface area contributed by atoms with E-state index in [0.717, 1.165) is 13.1 Å². The molecule has 1 N–H and O–H groups in total. The van der Waals surface area contributed by atoms with Crippen molar-refractivity contribution >= 4 is 23.9 Å². The third kappa shape index (κ3) is 6.50. The van der Waals surface area contributed by atoms with E-state index >= 15 is 0 Å². The number of carbonyl (C=O) groups excluding carboxylic acids is 2. The maximum atomic E-state index is 12.8. The molecule has 2 aliphatic rings. The first-order chi connectivity index (χ1) is 17.4. The Morgan fingerprint density at radius 2 is 1.78 bits per heavy atom. The van der Waals surface area contributed by atoms with Gasteiger partial charge in [-0.05, 0) is 60.6 Å². The average molecular weight is 492 g/mol. The molecule has 190 valence electrons. The second kappa shape index (κ2) is 11.8. The lowest BCUT2D eigenvalue weighted by Gasteiger charge is -2.22. The fourth-order valence-electron chi connectivity index (χ4n) is 5.02. The first-order valence-electron chi connectivity index (χ1n) is 12.5. The van der Waals surface area contributed by atoms with Crippen molar-refractivity contribution < 1.29 is 24.2 Å². The molecule has 8 heteroatoms. The summed E-state index contributed by atoms with van der Waals surface area (Å²) in [7, 11) is 1.69. The minimum absolute atomic E-state index is 0.0817. The Morgan fingerprint density at radius 3 is 2.39 bits per heavy atom. The van der Waals surface area contributed by atoms with Crippen molar-refractivity contribution in [2.45, 2.75) is 32.1 Å². The highest BCUT2D eigenvalue weighted by Gasteiger charge is 2.36. The molecule has 1 aromatic carbocycles. The molecule has 0 radical (unpaired) electrons. The number of ether oxygens (including phenoxy) is 1. The fourth-order valence-corrected chi connectivity index (χ4v) is 5.02. The van der Waals surface area contributed by atoms with Crippen LogP contribution in [0.3, 0.4) is 0 Å². The van der Waals surface area contributed by atoms with Gasteiger partial charge in [0.15, 0.2) is 0 Å². The van der Waals surface area contributed by atoms with E-state index in [1.807, 2.05) is 4.90 Å². The van der Waals surface area contributed by atoms with Crippen molar-refractivity contribution in [3.8, 4) is 5.75 Å². The van der Waals surface area contributed by atoms with E-state index in [0.29, 0.717) is 42.0 Å². The summed E-state index contributed by atoms with van der Waals surface area (Å²) in [5.41, 5.74) is 1.15. The van der Waals surface area contributed by atoms with Crippen LogP contribution in [0.15, 0.2) is 54.2 Å². The molecule has 2 heterocycles. The summed E-state index contributed by atoms with van der Waals surface area (Å²) < 4.78 is 5.74. The summed E-state index contributed by atoms with van der Waals surface area (Å²) in [6.07, 6.45) is 7.81. The molecule has 1 saturated carbocycles. The van der Waals surface area contributed by atoms with Gasteiger partial charge >= 0.3 is 5.97 Å². The summed E-state index contributed by atoms with van der Waals surface area (Å²) in [5, 5.41) is 9.68. The van der Waals surface area contributed by atoms with Gasteiger partial charge in [-0.2, -0.15) is 0 Å². The minimum atomic E-state index is -1.08. The first-order valence-corrected chi connectivity index (χ1v) is 12.5. The summed E-state index contributed by atoms with van der Waals surface area (Å²) in [6, 6.07) is 12.2. The number of amides is 2. The topological polar surface area (TPSA) is 100 Å². The standard InChI is InChI=1S/C28H33N3O5/c1-30(27(33)25-8-4-5-13-29-25)14-15-36-24-11-9-20(10-12-24)16-23(28(34)35)17-26(32)31-18-21-6-2-3-7-22(21)19-31/h4-5,8-13,16,21-22H,2-3,6-7,14-15,17-19H2,1H3,(H,34,35)/b23-16+/t21-,22+. The molecule has 2 aromatic rings. The number of carboxylic acid groups (broad SMARTS) is 1. The predicted molar refractivity (Wildman–Crippen MR) is 135 cm³/mol. The number of fused-ring (bicyclic) bond motifs is 1. The normalized spacial score (nSPS) is 19.5. The van der Waals surface area contributed by atoms with E-state index in [9.17, 15) is 19.5 Å². The van der Waals surface area contributed by atoms with E-state index in [1.165, 1.54) is 25.7 Å². The molecule has 2 amide bonds. The monoisotopic (exact) mass is 491 g/mol. The molecule has 2 fully saturated rings. The number of carboxylic acids is 1. The Balaban J connectivity index is 1.29. The van der Waals surface area contributed by atoms with Gasteiger partial charge in [0.05, 0.1) is 13.0 Å². The summed E-state index contributed by atoms with van der Waals surface area (Å²) in [5.74, 6) is 0.380. The predicted octanol–water partition coefficient (Wildman–Crippen LogP) is 3.74. The molecule has 1 aromatic heterocycles. The number of pyridine rings is 1. The summed E-state index contributed by atoms with van der Waals surface area (Å²) >= 11 is 0. The number of carbonyl (C=O) groups is 3. The van der Waals surface area contributed by atoms with Gasteiger partial charge in [-0.1, -0.05) is 31.0 Å². The Labute approximate surface area is 211 Å². The number of likely N-dealkylation sites (tertiary alicyclic amines) is 1. The lowest BCUT2D eigenvalue weighted by molar-refractivity contribution is -0.136. The van der Waals surface area contributed by atoms with Crippen LogP contribution in [0.25, 0.3) is 6.08 Å².